The van der Waals surface area contributed by atoms with E-state index in [2.05, 4.69) is 20.3 Å². The molecule has 8 nitrogen and oxygen atoms in total. The van der Waals surface area contributed by atoms with E-state index >= 15 is 0 Å². The Morgan fingerprint density at radius 1 is 1.17 bits per heavy atom. The molecule has 0 radical (unpaired) electrons. The quantitative estimate of drug-likeness (QED) is 0.475. The van der Waals surface area contributed by atoms with Crippen LogP contribution >= 0.6 is 11.3 Å². The molecule has 4 rings (SSSR count). The van der Waals surface area contributed by atoms with Crippen LogP contribution in [0, 0.1) is 11.3 Å². The zero-order valence-corrected chi connectivity index (χ0v) is 18.0. The normalized spacial score (nSPS) is 13.8. The van der Waals surface area contributed by atoms with E-state index in [1.54, 1.807) is 4.90 Å². The Bertz CT molecular complexity index is 1350. The predicted octanol–water partition coefficient (Wildman–Crippen LogP) is 4.85. The van der Waals surface area contributed by atoms with E-state index in [0.717, 1.165) is 18.5 Å². The number of benzene rings is 1. The van der Waals surface area contributed by atoms with E-state index in [9.17, 15) is 31.1 Å². The predicted molar refractivity (Wildman–Crippen MR) is 110 cm³/mol. The van der Waals surface area contributed by atoms with E-state index in [1.165, 1.54) is 12.1 Å². The molecule has 1 aromatic carbocycles. The van der Waals surface area contributed by atoms with Crippen molar-refractivity contribution in [1.82, 2.24) is 15.0 Å². The minimum Gasteiger partial charge on any atom is -0.477 e. The third kappa shape index (κ3) is 4.83. The van der Waals surface area contributed by atoms with Gasteiger partial charge in [0.15, 0.2) is 10.8 Å². The topological polar surface area (TPSA) is 115 Å². The number of rotatable bonds is 4. The number of anilines is 3. The summed E-state index contributed by atoms with van der Waals surface area (Å²) in [7, 11) is 0. The van der Waals surface area contributed by atoms with Crippen molar-refractivity contribution in [3.63, 3.8) is 0 Å². The minimum atomic E-state index is -4.97. The molecule has 0 aliphatic carbocycles. The first-order valence-corrected chi connectivity index (χ1v) is 10.5. The number of thiazole rings is 1. The van der Waals surface area contributed by atoms with Crippen molar-refractivity contribution in [1.29, 1.82) is 5.26 Å². The zero-order valence-electron chi connectivity index (χ0n) is 17.2. The number of nitriles is 1. The highest BCUT2D eigenvalue weighted by Gasteiger charge is 2.40. The number of nitrogens with one attached hydrogen (secondary N) is 1. The Kier molecular flexibility index (Phi) is 6.01. The molecule has 3 aromatic rings. The fraction of sp³-hybridized carbons (Fsp3) is 0.250. The van der Waals surface area contributed by atoms with Crippen LogP contribution in [0.25, 0.3) is 0 Å². The molecule has 0 saturated carbocycles. The van der Waals surface area contributed by atoms with Gasteiger partial charge in [0.2, 0.25) is 0 Å². The average Bonchev–Trinajstić information content (AvgIpc) is 3.23. The maximum atomic E-state index is 13.3. The second kappa shape index (κ2) is 8.69. The second-order valence-corrected chi connectivity index (χ2v) is 8.28. The molecule has 0 fully saturated rings. The van der Waals surface area contributed by atoms with Crippen molar-refractivity contribution in [2.75, 3.05) is 16.8 Å². The van der Waals surface area contributed by atoms with Crippen molar-refractivity contribution >= 4 is 33.9 Å². The van der Waals surface area contributed by atoms with E-state index in [1.807, 2.05) is 0 Å². The third-order valence-electron chi connectivity index (χ3n) is 5.12. The van der Waals surface area contributed by atoms with Crippen molar-refractivity contribution in [3.05, 3.63) is 57.5 Å². The minimum absolute atomic E-state index is 0.0712. The molecule has 1 aliphatic heterocycles. The van der Waals surface area contributed by atoms with Gasteiger partial charge in [-0.25, -0.2) is 19.7 Å². The van der Waals surface area contributed by atoms with Crippen LogP contribution in [0.1, 0.15) is 37.7 Å². The van der Waals surface area contributed by atoms with Gasteiger partial charge in [-0.2, -0.15) is 31.6 Å². The highest BCUT2D eigenvalue weighted by atomic mass is 32.1. The summed E-state index contributed by atoms with van der Waals surface area (Å²) >= 11 is 0.299. The number of hydrogen-bond acceptors (Lipinski definition) is 8. The molecular weight excluding hydrogens is 502 g/mol. The summed E-state index contributed by atoms with van der Waals surface area (Å²) in [6, 6.07) is 4.88. The molecular formula is C20H12F6N6O2S. The van der Waals surface area contributed by atoms with Gasteiger partial charge in [-0.05, 0) is 24.6 Å². The van der Waals surface area contributed by atoms with Crippen molar-refractivity contribution in [3.8, 4) is 6.07 Å². The summed E-state index contributed by atoms with van der Waals surface area (Å²) in [6.07, 6.45) is -8.33. The van der Waals surface area contributed by atoms with Gasteiger partial charge in [-0.3, -0.25) is 0 Å². The Morgan fingerprint density at radius 2 is 1.91 bits per heavy atom. The SMILES string of the molecule is N#Cc1ccc(N2CCc3c(ncnc3Nc3nc(C(F)(F)F)c(C(=O)O)s3)C2)cc1C(F)(F)F. The summed E-state index contributed by atoms with van der Waals surface area (Å²) in [5, 5.41) is 20.3. The first kappa shape index (κ1) is 24.2. The fourth-order valence-electron chi connectivity index (χ4n) is 3.56. The number of carboxylic acid groups (broad SMARTS) is 1. The molecule has 15 heteroatoms. The van der Waals surface area contributed by atoms with E-state index in [0.29, 0.717) is 22.6 Å². The lowest BCUT2D eigenvalue weighted by Gasteiger charge is -2.31. The maximum absolute atomic E-state index is 13.3. The van der Waals surface area contributed by atoms with Crippen LogP contribution in [-0.2, 0) is 25.3 Å². The molecule has 2 aromatic heterocycles. The largest absolute Gasteiger partial charge is 0.477 e. The van der Waals surface area contributed by atoms with Gasteiger partial charge in [0.05, 0.1) is 29.4 Å². The molecule has 1 aliphatic rings. The molecule has 2 N–H and O–H groups in total. The number of carboxylic acids is 1. The zero-order chi connectivity index (χ0) is 25.5. The van der Waals surface area contributed by atoms with Crippen LogP contribution in [-0.4, -0.2) is 32.6 Å². The lowest BCUT2D eigenvalue weighted by atomic mass is 10.0. The third-order valence-corrected chi connectivity index (χ3v) is 6.08. The Labute approximate surface area is 196 Å². The summed E-state index contributed by atoms with van der Waals surface area (Å²) in [5.74, 6) is -1.66. The number of carbonyl (C=O) groups is 1. The van der Waals surface area contributed by atoms with Crippen LogP contribution in [0.2, 0.25) is 0 Å². The van der Waals surface area contributed by atoms with E-state index in [4.69, 9.17) is 10.4 Å². The molecule has 0 amide bonds. The molecule has 0 bridgehead atoms. The lowest BCUT2D eigenvalue weighted by Crippen LogP contribution is -2.32. The lowest BCUT2D eigenvalue weighted by molar-refractivity contribution is -0.141. The smallest absolute Gasteiger partial charge is 0.435 e. The number of nitrogens with zero attached hydrogens (tertiary/aromatic N) is 5. The van der Waals surface area contributed by atoms with E-state index in [-0.39, 0.29) is 36.1 Å². The van der Waals surface area contributed by atoms with Crippen LogP contribution < -0.4 is 10.2 Å². The van der Waals surface area contributed by atoms with Gasteiger partial charge in [0.1, 0.15) is 17.0 Å². The first-order valence-electron chi connectivity index (χ1n) is 9.66. The molecule has 0 saturated heterocycles. The highest BCUT2D eigenvalue weighted by molar-refractivity contribution is 7.17. The number of aromatic nitrogens is 3. The summed E-state index contributed by atoms with van der Waals surface area (Å²) in [6.45, 7) is 0.298. The first-order chi connectivity index (χ1) is 16.4. The Hall–Kier alpha value is -3.93. The van der Waals surface area contributed by atoms with Crippen LogP contribution in [0.4, 0.5) is 43.0 Å². The van der Waals surface area contributed by atoms with Crippen LogP contribution in [0.3, 0.4) is 0 Å². The van der Waals surface area contributed by atoms with E-state index < -0.39 is 40.0 Å². The molecule has 0 unspecified atom stereocenters. The van der Waals surface area contributed by atoms with Gasteiger partial charge in [-0.15, -0.1) is 0 Å². The fourth-order valence-corrected chi connectivity index (χ4v) is 4.38. The number of alkyl halides is 6. The maximum Gasteiger partial charge on any atom is 0.435 e. The van der Waals surface area contributed by atoms with Gasteiger partial charge in [0.25, 0.3) is 0 Å². The molecule has 35 heavy (non-hydrogen) atoms. The number of fused-ring (bicyclic) bond motifs is 1. The summed E-state index contributed by atoms with van der Waals surface area (Å²) in [4.78, 5) is 23.3. The summed E-state index contributed by atoms with van der Waals surface area (Å²) < 4.78 is 79.3. The number of aromatic carboxylic acids is 1. The van der Waals surface area contributed by atoms with Crippen molar-refractivity contribution < 1.29 is 36.2 Å². The van der Waals surface area contributed by atoms with Gasteiger partial charge >= 0.3 is 18.3 Å². The second-order valence-electron chi connectivity index (χ2n) is 7.28. The van der Waals surface area contributed by atoms with Crippen LogP contribution in [0.5, 0.6) is 0 Å². The monoisotopic (exact) mass is 514 g/mol. The average molecular weight is 514 g/mol. The Balaban J connectivity index is 1.62. The van der Waals surface area contributed by atoms with Gasteiger partial charge in [0, 0.05) is 17.8 Å². The molecule has 182 valence electrons. The van der Waals surface area contributed by atoms with Gasteiger partial charge in [-0.1, -0.05) is 11.3 Å². The van der Waals surface area contributed by atoms with Crippen LogP contribution in [0.15, 0.2) is 24.5 Å². The molecule has 0 atom stereocenters. The number of halogens is 6. The summed E-state index contributed by atoms with van der Waals surface area (Å²) in [5.41, 5.74) is -1.96. The number of hydrogen-bond donors (Lipinski definition) is 2. The van der Waals surface area contributed by atoms with Gasteiger partial charge < -0.3 is 15.3 Å². The molecule has 3 heterocycles. The Morgan fingerprint density at radius 3 is 2.51 bits per heavy atom. The highest BCUT2D eigenvalue weighted by Crippen LogP contribution is 2.38. The van der Waals surface area contributed by atoms with Crippen molar-refractivity contribution in [2.45, 2.75) is 25.3 Å². The van der Waals surface area contributed by atoms with Crippen molar-refractivity contribution in [2.24, 2.45) is 0 Å². The molecule has 0 spiro atoms. The standard InChI is InChI=1S/C20H12F6N6O2S/c21-19(22,23)12-5-10(2-1-9(12)6-27)32-4-3-11-13(7-32)28-8-29-16(11)31-18-30-15(20(24,25)26)14(35-18)17(33)34/h1-2,5,8H,3-4,7H2,(H,33,34)(H,28,29,30,31).